The number of nitrogens with zero attached hydrogens (tertiary/aromatic N) is 4. The molecule has 2 aromatic heterocycles. The van der Waals surface area contributed by atoms with Crippen LogP contribution in [-0.2, 0) is 19.5 Å². The van der Waals surface area contributed by atoms with Crippen molar-refractivity contribution in [1.29, 1.82) is 0 Å². The van der Waals surface area contributed by atoms with Gasteiger partial charge in [-0.1, -0.05) is 25.3 Å². The van der Waals surface area contributed by atoms with E-state index in [1.807, 2.05) is 6.20 Å². The Bertz CT molecular complexity index is 837. The Kier molecular flexibility index (Phi) is 5.99. The fourth-order valence-corrected chi connectivity index (χ4v) is 4.15. The van der Waals surface area contributed by atoms with E-state index in [-0.39, 0.29) is 5.88 Å². The van der Waals surface area contributed by atoms with Gasteiger partial charge < -0.3 is 4.74 Å². The summed E-state index contributed by atoms with van der Waals surface area (Å²) in [5.41, 5.74) is 2.86. The molecule has 8 heteroatoms. The van der Waals surface area contributed by atoms with Crippen molar-refractivity contribution in [2.45, 2.75) is 63.7 Å². The second-order valence-corrected chi connectivity index (χ2v) is 7.87. The van der Waals surface area contributed by atoms with E-state index in [9.17, 15) is 13.2 Å². The second-order valence-electron chi connectivity index (χ2n) is 7.87. The molecule has 2 aliphatic rings. The van der Waals surface area contributed by atoms with Crippen LogP contribution in [0.15, 0.2) is 24.5 Å². The minimum Gasteiger partial charge on any atom is -0.468 e. The van der Waals surface area contributed by atoms with Crippen LogP contribution < -0.4 is 4.74 Å². The smallest absolute Gasteiger partial charge is 0.422 e. The highest BCUT2D eigenvalue weighted by atomic mass is 19.4. The molecule has 0 bridgehead atoms. The van der Waals surface area contributed by atoms with Crippen LogP contribution >= 0.6 is 0 Å². The summed E-state index contributed by atoms with van der Waals surface area (Å²) >= 11 is 0. The third-order valence-electron chi connectivity index (χ3n) is 5.62. The second kappa shape index (κ2) is 8.65. The molecule has 1 fully saturated rings. The van der Waals surface area contributed by atoms with Crippen molar-refractivity contribution in [2.75, 3.05) is 13.2 Å². The highest BCUT2D eigenvalue weighted by Gasteiger charge is 2.29. The van der Waals surface area contributed by atoms with E-state index in [1.54, 1.807) is 12.1 Å². The van der Waals surface area contributed by atoms with Crippen LogP contribution in [0.25, 0.3) is 0 Å². The van der Waals surface area contributed by atoms with E-state index in [4.69, 9.17) is 9.72 Å². The van der Waals surface area contributed by atoms with E-state index >= 15 is 0 Å². The lowest BCUT2D eigenvalue weighted by molar-refractivity contribution is -0.154. The molecule has 5 nitrogen and oxygen atoms in total. The van der Waals surface area contributed by atoms with Gasteiger partial charge in [-0.05, 0) is 18.9 Å². The molecule has 3 heterocycles. The maximum absolute atomic E-state index is 12.5. The van der Waals surface area contributed by atoms with E-state index in [2.05, 4.69) is 14.9 Å². The molecule has 1 aliphatic carbocycles. The quantitative estimate of drug-likeness (QED) is 0.736. The van der Waals surface area contributed by atoms with Crippen molar-refractivity contribution < 1.29 is 17.9 Å². The maximum Gasteiger partial charge on any atom is 0.422 e. The summed E-state index contributed by atoms with van der Waals surface area (Å²) in [5.74, 6) is 1.50. The van der Waals surface area contributed by atoms with Gasteiger partial charge in [0.15, 0.2) is 6.61 Å². The van der Waals surface area contributed by atoms with Crippen molar-refractivity contribution in [1.82, 2.24) is 19.9 Å². The lowest BCUT2D eigenvalue weighted by atomic mass is 9.88. The Labute approximate surface area is 168 Å². The highest BCUT2D eigenvalue weighted by Crippen LogP contribution is 2.31. The lowest BCUT2D eigenvalue weighted by Gasteiger charge is -2.29. The third-order valence-corrected chi connectivity index (χ3v) is 5.62. The van der Waals surface area contributed by atoms with Crippen LogP contribution in [-0.4, -0.2) is 39.2 Å². The van der Waals surface area contributed by atoms with Crippen molar-refractivity contribution >= 4 is 0 Å². The first-order valence-electron chi connectivity index (χ1n) is 10.2. The Hall–Kier alpha value is -2.22. The van der Waals surface area contributed by atoms with E-state index in [0.717, 1.165) is 30.0 Å². The van der Waals surface area contributed by atoms with Gasteiger partial charge in [0.1, 0.15) is 5.82 Å². The lowest BCUT2D eigenvalue weighted by Crippen LogP contribution is -2.31. The molecule has 156 valence electrons. The number of hydrogen-bond acceptors (Lipinski definition) is 5. The molecule has 0 radical (unpaired) electrons. The van der Waals surface area contributed by atoms with Crippen molar-refractivity contribution in [3.8, 4) is 5.88 Å². The molecular weight excluding hydrogens is 381 g/mol. The van der Waals surface area contributed by atoms with Crippen LogP contribution in [0, 0.1) is 0 Å². The minimum absolute atomic E-state index is 0.0412. The molecule has 0 saturated heterocycles. The van der Waals surface area contributed by atoms with E-state index in [0.29, 0.717) is 24.6 Å². The normalized spacial score (nSPS) is 18.4. The van der Waals surface area contributed by atoms with Gasteiger partial charge in [-0.15, -0.1) is 0 Å². The van der Waals surface area contributed by atoms with Gasteiger partial charge in [-0.3, -0.25) is 4.90 Å². The first-order valence-corrected chi connectivity index (χ1v) is 10.2. The number of pyridine rings is 1. The van der Waals surface area contributed by atoms with E-state index < -0.39 is 12.8 Å². The molecule has 0 N–H and O–H groups in total. The van der Waals surface area contributed by atoms with Crippen LogP contribution in [0.2, 0.25) is 0 Å². The summed E-state index contributed by atoms with van der Waals surface area (Å²) in [6.45, 7) is 0.609. The van der Waals surface area contributed by atoms with Gasteiger partial charge >= 0.3 is 6.18 Å². The number of hydrogen-bond donors (Lipinski definition) is 0. The van der Waals surface area contributed by atoms with Crippen LogP contribution in [0.1, 0.15) is 60.7 Å². The number of halogens is 3. The summed E-state index contributed by atoms with van der Waals surface area (Å²) in [6, 6.07) is 3.48. The molecule has 0 amide bonds. The van der Waals surface area contributed by atoms with Crippen LogP contribution in [0.4, 0.5) is 13.2 Å². The first-order chi connectivity index (χ1) is 14.0. The molecule has 0 unspecified atom stereocenters. The number of fused-ring (bicyclic) bond motifs is 1. The highest BCUT2D eigenvalue weighted by molar-refractivity contribution is 5.27. The summed E-state index contributed by atoms with van der Waals surface area (Å²) in [5, 5.41) is 0. The Morgan fingerprint density at radius 1 is 1.14 bits per heavy atom. The zero-order chi connectivity index (χ0) is 20.3. The van der Waals surface area contributed by atoms with Crippen LogP contribution in [0.3, 0.4) is 0 Å². The van der Waals surface area contributed by atoms with Gasteiger partial charge in [0.25, 0.3) is 0 Å². The molecule has 1 aliphatic heterocycles. The molecule has 4 rings (SSSR count). The van der Waals surface area contributed by atoms with Gasteiger partial charge in [-0.25, -0.2) is 15.0 Å². The minimum atomic E-state index is -4.38. The van der Waals surface area contributed by atoms with Crippen molar-refractivity contribution in [2.24, 2.45) is 0 Å². The van der Waals surface area contributed by atoms with Crippen molar-refractivity contribution in [3.05, 3.63) is 47.2 Å². The fraction of sp³-hybridized carbons (Fsp3) is 0.571. The average Bonchev–Trinajstić information content (AvgIpc) is 2.73. The monoisotopic (exact) mass is 406 g/mol. The Balaban J connectivity index is 1.42. The SMILES string of the molecule is FC(F)(F)COc1ncccc1CN1CCc2nc(C3CCCCC3)ncc2C1. The predicted octanol–water partition coefficient (Wildman–Crippen LogP) is 4.42. The summed E-state index contributed by atoms with van der Waals surface area (Å²) in [6.07, 6.45) is 5.97. The van der Waals surface area contributed by atoms with E-state index in [1.165, 1.54) is 38.3 Å². The molecule has 0 aromatic carbocycles. The fourth-order valence-electron chi connectivity index (χ4n) is 4.15. The van der Waals surface area contributed by atoms with Gasteiger partial charge in [-0.2, -0.15) is 13.2 Å². The number of aromatic nitrogens is 3. The molecule has 1 saturated carbocycles. The van der Waals surface area contributed by atoms with Gasteiger partial charge in [0.05, 0.1) is 0 Å². The first kappa shape index (κ1) is 20.1. The largest absolute Gasteiger partial charge is 0.468 e. The maximum atomic E-state index is 12.5. The number of rotatable bonds is 5. The summed E-state index contributed by atoms with van der Waals surface area (Å²) < 4.78 is 42.4. The van der Waals surface area contributed by atoms with Crippen LogP contribution in [0.5, 0.6) is 5.88 Å². The Morgan fingerprint density at radius 3 is 2.76 bits per heavy atom. The summed E-state index contributed by atoms with van der Waals surface area (Å²) in [7, 11) is 0. The Morgan fingerprint density at radius 2 is 1.97 bits per heavy atom. The zero-order valence-corrected chi connectivity index (χ0v) is 16.3. The molecule has 0 atom stereocenters. The standard InChI is InChI=1S/C21H25F3N4O/c22-21(23,24)14-29-20-16(7-4-9-25-20)12-28-10-8-18-17(13-28)11-26-19(27-18)15-5-2-1-3-6-15/h4,7,9,11,15H,1-3,5-6,8,10,12-14H2. The molecule has 0 spiro atoms. The predicted molar refractivity (Wildman–Crippen MR) is 101 cm³/mol. The summed E-state index contributed by atoms with van der Waals surface area (Å²) in [4.78, 5) is 15.6. The van der Waals surface area contributed by atoms with Gasteiger partial charge in [0, 0.05) is 61.2 Å². The number of ether oxygens (including phenoxy) is 1. The zero-order valence-electron chi connectivity index (χ0n) is 16.3. The van der Waals surface area contributed by atoms with Gasteiger partial charge in [0.2, 0.25) is 5.88 Å². The molecule has 29 heavy (non-hydrogen) atoms. The molecular formula is C21H25F3N4O. The van der Waals surface area contributed by atoms with Crippen molar-refractivity contribution in [3.63, 3.8) is 0 Å². The average molecular weight is 406 g/mol. The molecule has 2 aromatic rings. The third kappa shape index (κ3) is 5.23. The topological polar surface area (TPSA) is 51.1 Å². The number of alkyl halides is 3.